The van der Waals surface area contributed by atoms with E-state index in [4.69, 9.17) is 4.74 Å². The summed E-state index contributed by atoms with van der Waals surface area (Å²) in [6.45, 7) is 0.616. The van der Waals surface area contributed by atoms with Gasteiger partial charge in [0.05, 0.1) is 12.5 Å². The van der Waals surface area contributed by atoms with E-state index in [2.05, 4.69) is 0 Å². The second kappa shape index (κ2) is 8.10. The molecule has 0 aliphatic heterocycles. The van der Waals surface area contributed by atoms with E-state index < -0.39 is 11.9 Å². The van der Waals surface area contributed by atoms with E-state index in [1.807, 2.05) is 60.7 Å². The topological polar surface area (TPSA) is 46.5 Å². The summed E-state index contributed by atoms with van der Waals surface area (Å²) in [5.41, 5.74) is 0.869. The molecule has 0 spiro atoms. The van der Waals surface area contributed by atoms with Crippen molar-refractivity contribution in [2.45, 2.75) is 25.2 Å². The Labute approximate surface area is 125 Å². The first-order chi connectivity index (χ1) is 10.3. The van der Waals surface area contributed by atoms with Gasteiger partial charge in [0, 0.05) is 0 Å². The molecule has 0 heterocycles. The Hall–Kier alpha value is -2.29. The molecule has 0 fully saturated rings. The van der Waals surface area contributed by atoms with Crippen LogP contribution in [0.4, 0.5) is 0 Å². The molecule has 2 aromatic carbocycles. The van der Waals surface area contributed by atoms with E-state index in [0.29, 0.717) is 13.0 Å². The number of para-hydroxylation sites is 1. The number of hydrogen-bond donors (Lipinski definition) is 1. The highest BCUT2D eigenvalue weighted by Crippen LogP contribution is 2.22. The highest BCUT2D eigenvalue weighted by Gasteiger charge is 2.18. The van der Waals surface area contributed by atoms with Crippen LogP contribution < -0.4 is 4.74 Å². The molecule has 0 aliphatic carbocycles. The lowest BCUT2D eigenvalue weighted by Crippen LogP contribution is -2.12. The molecule has 0 aromatic heterocycles. The lowest BCUT2D eigenvalue weighted by Gasteiger charge is -2.12. The molecule has 2 rings (SSSR count). The number of benzene rings is 2. The smallest absolute Gasteiger partial charge is 0.310 e. The second-order valence-corrected chi connectivity index (χ2v) is 4.96. The Morgan fingerprint density at radius 2 is 1.57 bits per heavy atom. The molecule has 2 aromatic rings. The van der Waals surface area contributed by atoms with E-state index >= 15 is 0 Å². The normalized spacial score (nSPS) is 11.8. The number of carbonyl (C=O) groups is 1. The largest absolute Gasteiger partial charge is 0.494 e. The molecule has 0 radical (unpaired) electrons. The van der Waals surface area contributed by atoms with Crippen molar-refractivity contribution >= 4 is 5.97 Å². The Bertz CT molecular complexity index is 537. The van der Waals surface area contributed by atoms with Crippen molar-refractivity contribution < 1.29 is 14.6 Å². The van der Waals surface area contributed by atoms with Crippen LogP contribution in [0.3, 0.4) is 0 Å². The van der Waals surface area contributed by atoms with E-state index in [1.54, 1.807) is 0 Å². The maximum atomic E-state index is 11.4. The summed E-state index contributed by atoms with van der Waals surface area (Å²) < 4.78 is 5.61. The van der Waals surface area contributed by atoms with Gasteiger partial charge >= 0.3 is 5.97 Å². The van der Waals surface area contributed by atoms with Gasteiger partial charge in [-0.3, -0.25) is 4.79 Å². The van der Waals surface area contributed by atoms with Crippen LogP contribution in [-0.4, -0.2) is 17.7 Å². The highest BCUT2D eigenvalue weighted by molar-refractivity contribution is 5.75. The number of carboxylic acids is 1. The number of carboxylic acid groups (broad SMARTS) is 1. The molecule has 110 valence electrons. The minimum absolute atomic E-state index is 0.428. The number of hydrogen-bond acceptors (Lipinski definition) is 2. The lowest BCUT2D eigenvalue weighted by atomic mass is 9.94. The second-order valence-electron chi connectivity index (χ2n) is 4.96. The zero-order valence-corrected chi connectivity index (χ0v) is 11.9. The van der Waals surface area contributed by atoms with Gasteiger partial charge in [0.25, 0.3) is 0 Å². The minimum Gasteiger partial charge on any atom is -0.494 e. The van der Waals surface area contributed by atoms with E-state index in [0.717, 1.165) is 24.2 Å². The predicted octanol–water partition coefficient (Wildman–Crippen LogP) is 4.10. The molecule has 0 saturated heterocycles. The average molecular weight is 284 g/mol. The molecule has 1 unspecified atom stereocenters. The monoisotopic (exact) mass is 284 g/mol. The summed E-state index contributed by atoms with van der Waals surface area (Å²) >= 11 is 0. The number of unbranched alkanes of at least 4 members (excludes halogenated alkanes) is 1. The zero-order chi connectivity index (χ0) is 14.9. The van der Waals surface area contributed by atoms with E-state index in [1.165, 1.54) is 0 Å². The van der Waals surface area contributed by atoms with Crippen LogP contribution in [0.15, 0.2) is 60.7 Å². The first kappa shape index (κ1) is 15.1. The molecule has 0 bridgehead atoms. The fourth-order valence-electron chi connectivity index (χ4n) is 2.28. The maximum Gasteiger partial charge on any atom is 0.310 e. The number of ether oxygens (including phenoxy) is 1. The maximum absolute atomic E-state index is 11.4. The Morgan fingerprint density at radius 3 is 2.19 bits per heavy atom. The third-order valence-corrected chi connectivity index (χ3v) is 3.40. The van der Waals surface area contributed by atoms with Gasteiger partial charge in [-0.25, -0.2) is 0 Å². The summed E-state index contributed by atoms with van der Waals surface area (Å²) in [6.07, 6.45) is 2.32. The Kier molecular flexibility index (Phi) is 5.83. The van der Waals surface area contributed by atoms with Crippen molar-refractivity contribution in [3.63, 3.8) is 0 Å². The Balaban J connectivity index is 1.74. The van der Waals surface area contributed by atoms with Crippen LogP contribution in [0.1, 0.15) is 30.7 Å². The van der Waals surface area contributed by atoms with Crippen LogP contribution in [0.2, 0.25) is 0 Å². The van der Waals surface area contributed by atoms with E-state index in [9.17, 15) is 9.90 Å². The van der Waals surface area contributed by atoms with Crippen molar-refractivity contribution in [2.24, 2.45) is 0 Å². The van der Waals surface area contributed by atoms with Crippen LogP contribution >= 0.6 is 0 Å². The molecule has 0 aliphatic rings. The number of rotatable bonds is 8. The van der Waals surface area contributed by atoms with Gasteiger partial charge < -0.3 is 9.84 Å². The lowest BCUT2D eigenvalue weighted by molar-refractivity contribution is -0.139. The molecule has 3 heteroatoms. The van der Waals surface area contributed by atoms with Gasteiger partial charge in [0.2, 0.25) is 0 Å². The Morgan fingerprint density at radius 1 is 0.952 bits per heavy atom. The third-order valence-electron chi connectivity index (χ3n) is 3.40. The molecule has 0 amide bonds. The molecule has 1 atom stereocenters. The van der Waals surface area contributed by atoms with Gasteiger partial charge in [-0.15, -0.1) is 0 Å². The van der Waals surface area contributed by atoms with Crippen molar-refractivity contribution in [3.05, 3.63) is 66.2 Å². The molecule has 3 nitrogen and oxygen atoms in total. The fraction of sp³-hybridized carbons (Fsp3) is 0.278. The van der Waals surface area contributed by atoms with Crippen LogP contribution in [-0.2, 0) is 4.79 Å². The van der Waals surface area contributed by atoms with Gasteiger partial charge in [-0.05, 0) is 37.0 Å². The first-order valence-corrected chi connectivity index (χ1v) is 7.23. The van der Waals surface area contributed by atoms with Crippen LogP contribution in [0.25, 0.3) is 0 Å². The SMILES string of the molecule is O=C(O)C(CCCCOc1ccccc1)c1ccccc1. The zero-order valence-electron chi connectivity index (χ0n) is 11.9. The van der Waals surface area contributed by atoms with Gasteiger partial charge in [0.1, 0.15) is 5.75 Å². The highest BCUT2D eigenvalue weighted by atomic mass is 16.5. The summed E-state index contributed by atoms with van der Waals surface area (Å²) in [4.78, 5) is 11.4. The molecule has 0 saturated carbocycles. The summed E-state index contributed by atoms with van der Waals surface area (Å²) in [5, 5.41) is 9.33. The van der Waals surface area contributed by atoms with E-state index in [-0.39, 0.29) is 0 Å². The van der Waals surface area contributed by atoms with Crippen molar-refractivity contribution in [1.82, 2.24) is 0 Å². The predicted molar refractivity (Wildman–Crippen MR) is 82.6 cm³/mol. The van der Waals surface area contributed by atoms with Crippen molar-refractivity contribution in [2.75, 3.05) is 6.61 Å². The number of aliphatic carboxylic acids is 1. The standard InChI is InChI=1S/C18H20O3/c19-18(20)17(15-9-3-1-4-10-15)13-7-8-14-21-16-11-5-2-6-12-16/h1-6,9-12,17H,7-8,13-14H2,(H,19,20). The molecule has 21 heavy (non-hydrogen) atoms. The third kappa shape index (κ3) is 4.95. The summed E-state index contributed by atoms with van der Waals surface area (Å²) in [5.74, 6) is -0.330. The van der Waals surface area contributed by atoms with Gasteiger partial charge in [-0.2, -0.15) is 0 Å². The minimum atomic E-state index is -0.759. The summed E-state index contributed by atoms with van der Waals surface area (Å²) in [6, 6.07) is 19.1. The molecular formula is C18H20O3. The average Bonchev–Trinajstić information content (AvgIpc) is 2.52. The van der Waals surface area contributed by atoms with Gasteiger partial charge in [-0.1, -0.05) is 48.5 Å². The first-order valence-electron chi connectivity index (χ1n) is 7.23. The molecular weight excluding hydrogens is 264 g/mol. The van der Waals surface area contributed by atoms with Crippen LogP contribution in [0.5, 0.6) is 5.75 Å². The van der Waals surface area contributed by atoms with Crippen LogP contribution in [0, 0.1) is 0 Å². The molecule has 1 N–H and O–H groups in total. The van der Waals surface area contributed by atoms with Gasteiger partial charge in [0.15, 0.2) is 0 Å². The quantitative estimate of drug-likeness (QED) is 0.742. The fourth-order valence-corrected chi connectivity index (χ4v) is 2.28. The van der Waals surface area contributed by atoms with Crippen molar-refractivity contribution in [3.8, 4) is 5.75 Å². The van der Waals surface area contributed by atoms with Crippen molar-refractivity contribution in [1.29, 1.82) is 0 Å². The summed E-state index contributed by atoms with van der Waals surface area (Å²) in [7, 11) is 0.